The van der Waals surface area contributed by atoms with Crippen molar-refractivity contribution in [3.05, 3.63) is 11.8 Å². The van der Waals surface area contributed by atoms with Crippen molar-refractivity contribution in [2.45, 2.75) is 44.6 Å². The summed E-state index contributed by atoms with van der Waals surface area (Å²) in [7, 11) is 0. The van der Waals surface area contributed by atoms with E-state index in [2.05, 4.69) is 4.99 Å². The van der Waals surface area contributed by atoms with E-state index in [4.69, 9.17) is 10.5 Å². The summed E-state index contributed by atoms with van der Waals surface area (Å²) in [6, 6.07) is 0. The molecule has 3 nitrogen and oxygen atoms in total. The van der Waals surface area contributed by atoms with E-state index in [0.717, 1.165) is 18.8 Å². The Kier molecular flexibility index (Phi) is 4.72. The van der Waals surface area contributed by atoms with Gasteiger partial charge in [0.2, 0.25) is 0 Å². The van der Waals surface area contributed by atoms with Gasteiger partial charge in [-0.1, -0.05) is 31.0 Å². The zero-order valence-corrected chi connectivity index (χ0v) is 10.5. The Labute approximate surface area is 102 Å². The SMILES string of the molecule is NC1=NC=C(CCOC2CCCCC2)CS1. The van der Waals surface area contributed by atoms with Crippen LogP contribution in [0.3, 0.4) is 0 Å². The summed E-state index contributed by atoms with van der Waals surface area (Å²) in [6.45, 7) is 0.840. The number of nitrogens with two attached hydrogens (primary N) is 1. The molecule has 1 fully saturated rings. The first kappa shape index (κ1) is 12.0. The van der Waals surface area contributed by atoms with Gasteiger partial charge in [0.15, 0.2) is 5.17 Å². The second-order valence-electron chi connectivity index (χ2n) is 4.42. The van der Waals surface area contributed by atoms with Gasteiger partial charge in [0, 0.05) is 12.0 Å². The van der Waals surface area contributed by atoms with Crippen LogP contribution in [-0.4, -0.2) is 23.6 Å². The molecule has 2 aliphatic rings. The largest absolute Gasteiger partial charge is 0.378 e. The average Bonchev–Trinajstić information content (AvgIpc) is 2.33. The molecule has 1 saturated carbocycles. The summed E-state index contributed by atoms with van der Waals surface area (Å²) in [5.41, 5.74) is 6.92. The normalized spacial score (nSPS) is 22.8. The highest BCUT2D eigenvalue weighted by molar-refractivity contribution is 8.14. The zero-order valence-electron chi connectivity index (χ0n) is 9.65. The highest BCUT2D eigenvalue weighted by Gasteiger charge is 2.14. The average molecular weight is 240 g/mol. The van der Waals surface area contributed by atoms with Gasteiger partial charge in [0.1, 0.15) is 0 Å². The lowest BCUT2D eigenvalue weighted by Gasteiger charge is -2.22. The smallest absolute Gasteiger partial charge is 0.158 e. The van der Waals surface area contributed by atoms with E-state index in [0.29, 0.717) is 11.3 Å². The minimum atomic E-state index is 0.513. The minimum absolute atomic E-state index is 0.513. The van der Waals surface area contributed by atoms with Gasteiger partial charge < -0.3 is 10.5 Å². The number of hydrogen-bond donors (Lipinski definition) is 1. The summed E-state index contributed by atoms with van der Waals surface area (Å²) < 4.78 is 5.88. The molecule has 90 valence electrons. The van der Waals surface area contributed by atoms with Gasteiger partial charge in [-0.25, -0.2) is 4.99 Å². The molecule has 0 aromatic rings. The molecule has 16 heavy (non-hydrogen) atoms. The van der Waals surface area contributed by atoms with Gasteiger partial charge in [0.05, 0.1) is 12.7 Å². The third kappa shape index (κ3) is 3.83. The molecule has 2 rings (SSSR count). The van der Waals surface area contributed by atoms with Gasteiger partial charge >= 0.3 is 0 Å². The molecule has 0 aromatic carbocycles. The first-order chi connectivity index (χ1) is 7.84. The molecular formula is C12H20N2OS. The first-order valence-electron chi connectivity index (χ1n) is 6.10. The summed E-state index contributed by atoms with van der Waals surface area (Å²) in [6.07, 6.45) is 9.97. The van der Waals surface area contributed by atoms with Gasteiger partial charge in [0.25, 0.3) is 0 Å². The van der Waals surface area contributed by atoms with Gasteiger partial charge in [-0.2, -0.15) is 0 Å². The van der Waals surface area contributed by atoms with Gasteiger partial charge in [-0.3, -0.25) is 0 Å². The Balaban J connectivity index is 1.64. The predicted octanol–water partition coefficient (Wildman–Crippen LogP) is 2.67. The third-order valence-electron chi connectivity index (χ3n) is 3.11. The Morgan fingerprint density at radius 2 is 2.19 bits per heavy atom. The predicted molar refractivity (Wildman–Crippen MR) is 69.6 cm³/mol. The third-order valence-corrected chi connectivity index (χ3v) is 4.03. The maximum Gasteiger partial charge on any atom is 0.158 e. The van der Waals surface area contributed by atoms with Crippen molar-refractivity contribution in [2.75, 3.05) is 12.4 Å². The molecule has 0 unspecified atom stereocenters. The zero-order chi connectivity index (χ0) is 11.2. The van der Waals surface area contributed by atoms with Crippen molar-refractivity contribution in [3.8, 4) is 0 Å². The molecule has 0 bridgehead atoms. The van der Waals surface area contributed by atoms with E-state index in [9.17, 15) is 0 Å². The second kappa shape index (κ2) is 6.30. The number of rotatable bonds is 4. The van der Waals surface area contributed by atoms with Crippen molar-refractivity contribution in [1.29, 1.82) is 0 Å². The fourth-order valence-corrected chi connectivity index (χ4v) is 2.80. The van der Waals surface area contributed by atoms with Crippen molar-refractivity contribution in [3.63, 3.8) is 0 Å². The van der Waals surface area contributed by atoms with E-state index in [1.54, 1.807) is 11.8 Å². The number of nitrogens with zero attached hydrogens (tertiary/aromatic N) is 1. The van der Waals surface area contributed by atoms with Crippen LogP contribution >= 0.6 is 11.8 Å². The molecule has 0 atom stereocenters. The Morgan fingerprint density at radius 1 is 1.38 bits per heavy atom. The Hall–Kier alpha value is -0.480. The number of thioether (sulfide) groups is 1. The van der Waals surface area contributed by atoms with Crippen LogP contribution in [0.25, 0.3) is 0 Å². The van der Waals surface area contributed by atoms with Crippen LogP contribution in [0, 0.1) is 0 Å². The molecule has 0 radical (unpaired) electrons. The Morgan fingerprint density at radius 3 is 2.88 bits per heavy atom. The fraction of sp³-hybridized carbons (Fsp3) is 0.750. The van der Waals surface area contributed by atoms with Crippen LogP contribution in [0.5, 0.6) is 0 Å². The van der Waals surface area contributed by atoms with Gasteiger partial charge in [-0.15, -0.1) is 0 Å². The van der Waals surface area contributed by atoms with Crippen LogP contribution in [0.15, 0.2) is 16.8 Å². The topological polar surface area (TPSA) is 47.6 Å². The molecule has 0 saturated heterocycles. The van der Waals surface area contributed by atoms with E-state index in [-0.39, 0.29) is 0 Å². The number of hydrogen-bond acceptors (Lipinski definition) is 4. The minimum Gasteiger partial charge on any atom is -0.378 e. The Bertz CT molecular complexity index is 283. The fourth-order valence-electron chi connectivity index (χ4n) is 2.12. The van der Waals surface area contributed by atoms with E-state index < -0.39 is 0 Å². The van der Waals surface area contributed by atoms with Crippen molar-refractivity contribution < 1.29 is 4.74 Å². The second-order valence-corrected chi connectivity index (χ2v) is 5.42. The summed E-state index contributed by atoms with van der Waals surface area (Å²) in [5.74, 6) is 0.976. The number of amidine groups is 1. The molecule has 2 N–H and O–H groups in total. The summed E-state index contributed by atoms with van der Waals surface area (Å²) >= 11 is 1.62. The standard InChI is InChI=1S/C12H20N2OS/c13-12-14-8-10(9-16-12)6-7-15-11-4-2-1-3-5-11/h8,11H,1-7,9H2,(H2,13,14). The number of aliphatic imine (C=N–C) groups is 1. The highest BCUT2D eigenvalue weighted by Crippen LogP contribution is 2.22. The van der Waals surface area contributed by atoms with Crippen LogP contribution < -0.4 is 5.73 Å². The number of ether oxygens (including phenoxy) is 1. The van der Waals surface area contributed by atoms with E-state index in [1.165, 1.54) is 37.7 Å². The van der Waals surface area contributed by atoms with Crippen LogP contribution in [-0.2, 0) is 4.74 Å². The maximum atomic E-state index is 5.88. The highest BCUT2D eigenvalue weighted by atomic mass is 32.2. The lowest BCUT2D eigenvalue weighted by atomic mass is 9.98. The van der Waals surface area contributed by atoms with Crippen LogP contribution in [0.1, 0.15) is 38.5 Å². The molecule has 0 aromatic heterocycles. The van der Waals surface area contributed by atoms with Crippen LogP contribution in [0.2, 0.25) is 0 Å². The summed E-state index contributed by atoms with van der Waals surface area (Å²) in [4.78, 5) is 4.12. The lowest BCUT2D eigenvalue weighted by molar-refractivity contribution is 0.0304. The molecule has 0 amide bonds. The maximum absolute atomic E-state index is 5.88. The lowest BCUT2D eigenvalue weighted by Crippen LogP contribution is -2.18. The van der Waals surface area contributed by atoms with Crippen molar-refractivity contribution in [1.82, 2.24) is 0 Å². The van der Waals surface area contributed by atoms with E-state index in [1.807, 2.05) is 6.20 Å². The molecule has 4 heteroatoms. The quantitative estimate of drug-likeness (QED) is 0.822. The first-order valence-corrected chi connectivity index (χ1v) is 7.09. The van der Waals surface area contributed by atoms with Crippen molar-refractivity contribution in [2.24, 2.45) is 10.7 Å². The molecule has 1 aliphatic heterocycles. The van der Waals surface area contributed by atoms with Crippen molar-refractivity contribution >= 4 is 16.9 Å². The van der Waals surface area contributed by atoms with E-state index >= 15 is 0 Å². The molecule has 0 spiro atoms. The molecule has 1 aliphatic carbocycles. The molecule has 1 heterocycles. The molecular weight excluding hydrogens is 220 g/mol. The monoisotopic (exact) mass is 240 g/mol. The van der Waals surface area contributed by atoms with Gasteiger partial charge in [-0.05, 0) is 24.8 Å². The summed E-state index contributed by atoms with van der Waals surface area (Å²) in [5, 5.41) is 0.678. The van der Waals surface area contributed by atoms with Crippen LogP contribution in [0.4, 0.5) is 0 Å².